The van der Waals surface area contributed by atoms with Crippen molar-refractivity contribution in [3.05, 3.63) is 36.4 Å². The molecule has 2 rings (SSSR count). The highest BCUT2D eigenvalue weighted by atomic mass is 16.6. The number of hydrogen-bond acceptors (Lipinski definition) is 4. The number of imide groups is 1. The van der Waals surface area contributed by atoms with Crippen LogP contribution >= 0.6 is 0 Å². The Balaban J connectivity index is 2.15. The summed E-state index contributed by atoms with van der Waals surface area (Å²) < 4.78 is 0. The molecule has 5 heteroatoms. The monoisotopic (exact) mass is 244 g/mol. The molecule has 5 nitrogen and oxygen atoms in total. The molecule has 92 valence electrons. The van der Waals surface area contributed by atoms with Crippen LogP contribution in [0, 0.1) is 0 Å². The van der Waals surface area contributed by atoms with Crippen LogP contribution in [0.25, 0.3) is 0 Å². The average molecular weight is 244 g/mol. The first-order valence-corrected chi connectivity index (χ1v) is 5.42. The first kappa shape index (κ1) is 12.0. The van der Waals surface area contributed by atoms with Gasteiger partial charge in [0.2, 0.25) is 0 Å². The summed E-state index contributed by atoms with van der Waals surface area (Å²) in [7, 11) is 0. The molecule has 0 N–H and O–H groups in total. The molecular formula is C13H12N2O3. The lowest BCUT2D eigenvalue weighted by molar-refractivity contribution is -0.119. The number of oxime groups is 1. The summed E-state index contributed by atoms with van der Waals surface area (Å²) in [6, 6.07) is 6.58. The number of amides is 2. The summed E-state index contributed by atoms with van der Waals surface area (Å²) in [5.74, 6) is -0.126. The van der Waals surface area contributed by atoms with E-state index in [-0.39, 0.29) is 11.8 Å². The molecule has 0 spiro atoms. The highest BCUT2D eigenvalue weighted by Gasteiger charge is 2.24. The van der Waals surface area contributed by atoms with Crippen LogP contribution in [0.1, 0.15) is 13.8 Å². The van der Waals surface area contributed by atoms with Crippen molar-refractivity contribution in [3.8, 4) is 5.75 Å². The molecular weight excluding hydrogens is 232 g/mol. The summed E-state index contributed by atoms with van der Waals surface area (Å²) in [6.45, 7) is 3.64. The summed E-state index contributed by atoms with van der Waals surface area (Å²) in [5.41, 5.74) is 1.31. The molecule has 0 unspecified atom stereocenters. The predicted octanol–water partition coefficient (Wildman–Crippen LogP) is 1.89. The number of nitrogens with zero attached hydrogens (tertiary/aromatic N) is 2. The predicted molar refractivity (Wildman–Crippen MR) is 67.5 cm³/mol. The van der Waals surface area contributed by atoms with Crippen LogP contribution in [0.5, 0.6) is 5.75 Å². The van der Waals surface area contributed by atoms with Crippen LogP contribution < -0.4 is 9.74 Å². The van der Waals surface area contributed by atoms with Crippen LogP contribution in [-0.4, -0.2) is 17.5 Å². The zero-order chi connectivity index (χ0) is 13.1. The molecule has 1 aromatic carbocycles. The summed E-state index contributed by atoms with van der Waals surface area (Å²) in [4.78, 5) is 29.1. The standard InChI is InChI=1S/C13H12N2O3/c1-9(2)14-18-11-5-3-10(4-6-11)15-12(16)7-8-13(15)17/h3-8H,1-2H3. The van der Waals surface area contributed by atoms with Crippen LogP contribution in [-0.2, 0) is 9.59 Å². The first-order valence-electron chi connectivity index (χ1n) is 5.42. The lowest BCUT2D eigenvalue weighted by atomic mass is 10.3. The SMILES string of the molecule is CC(C)=NOc1ccc(N2C(=O)C=CC2=O)cc1. The van der Waals surface area contributed by atoms with E-state index < -0.39 is 0 Å². The molecule has 1 aromatic rings. The lowest BCUT2D eigenvalue weighted by Crippen LogP contribution is -2.29. The molecule has 0 fully saturated rings. The van der Waals surface area contributed by atoms with Gasteiger partial charge in [-0.2, -0.15) is 0 Å². The van der Waals surface area contributed by atoms with Gasteiger partial charge in [-0.15, -0.1) is 0 Å². The molecule has 0 radical (unpaired) electrons. The molecule has 0 saturated carbocycles. The fraction of sp³-hybridized carbons (Fsp3) is 0.154. The second kappa shape index (κ2) is 4.83. The third-order valence-corrected chi connectivity index (χ3v) is 2.24. The average Bonchev–Trinajstić information content (AvgIpc) is 2.67. The van der Waals surface area contributed by atoms with Gasteiger partial charge in [0.05, 0.1) is 11.4 Å². The van der Waals surface area contributed by atoms with Gasteiger partial charge in [-0.3, -0.25) is 9.59 Å². The van der Waals surface area contributed by atoms with Gasteiger partial charge in [0, 0.05) is 12.2 Å². The van der Waals surface area contributed by atoms with Crippen LogP contribution in [0.15, 0.2) is 41.6 Å². The van der Waals surface area contributed by atoms with Crippen molar-refractivity contribution in [3.63, 3.8) is 0 Å². The molecule has 0 aliphatic carbocycles. The molecule has 18 heavy (non-hydrogen) atoms. The smallest absolute Gasteiger partial charge is 0.258 e. The maximum Gasteiger partial charge on any atom is 0.258 e. The molecule has 2 amide bonds. The van der Waals surface area contributed by atoms with E-state index in [1.54, 1.807) is 24.3 Å². The zero-order valence-electron chi connectivity index (χ0n) is 10.1. The third-order valence-electron chi connectivity index (χ3n) is 2.24. The highest BCUT2D eigenvalue weighted by Crippen LogP contribution is 2.22. The quantitative estimate of drug-likeness (QED) is 0.463. The second-order valence-corrected chi connectivity index (χ2v) is 3.97. The fourth-order valence-electron chi connectivity index (χ4n) is 1.45. The number of carbonyl (C=O) groups excluding carboxylic acids is 2. The van der Waals surface area contributed by atoms with Crippen LogP contribution in [0.4, 0.5) is 5.69 Å². The maximum atomic E-state index is 11.5. The van der Waals surface area contributed by atoms with Crippen molar-refractivity contribution in [1.82, 2.24) is 0 Å². The van der Waals surface area contributed by atoms with Gasteiger partial charge in [0.25, 0.3) is 11.8 Å². The maximum absolute atomic E-state index is 11.5. The summed E-state index contributed by atoms with van der Waals surface area (Å²) in [5, 5.41) is 3.81. The number of rotatable bonds is 3. The highest BCUT2D eigenvalue weighted by molar-refractivity contribution is 6.28. The number of hydrogen-bond donors (Lipinski definition) is 0. The van der Waals surface area contributed by atoms with E-state index in [1.165, 1.54) is 12.2 Å². The van der Waals surface area contributed by atoms with Gasteiger partial charge < -0.3 is 4.84 Å². The minimum absolute atomic E-state index is 0.337. The minimum atomic E-state index is -0.337. The van der Waals surface area contributed by atoms with Crippen molar-refractivity contribution < 1.29 is 14.4 Å². The number of benzene rings is 1. The Bertz CT molecular complexity index is 522. The van der Waals surface area contributed by atoms with Crippen molar-refractivity contribution in [2.75, 3.05) is 4.90 Å². The number of anilines is 1. The Morgan fingerprint density at radius 3 is 2.11 bits per heavy atom. The molecule has 1 aliphatic heterocycles. The Morgan fingerprint density at radius 1 is 1.06 bits per heavy atom. The van der Waals surface area contributed by atoms with Crippen LogP contribution in [0.2, 0.25) is 0 Å². The Morgan fingerprint density at radius 2 is 1.61 bits per heavy atom. The van der Waals surface area contributed by atoms with Crippen molar-refractivity contribution in [2.45, 2.75) is 13.8 Å². The van der Waals surface area contributed by atoms with E-state index in [0.29, 0.717) is 11.4 Å². The molecule has 0 saturated heterocycles. The van der Waals surface area contributed by atoms with Crippen molar-refractivity contribution in [1.29, 1.82) is 0 Å². The molecule has 1 aliphatic rings. The van der Waals surface area contributed by atoms with E-state index in [2.05, 4.69) is 5.16 Å². The molecule has 0 aromatic heterocycles. The number of carbonyl (C=O) groups is 2. The van der Waals surface area contributed by atoms with E-state index in [9.17, 15) is 9.59 Å². The van der Waals surface area contributed by atoms with Gasteiger partial charge in [-0.05, 0) is 38.1 Å². The minimum Gasteiger partial charge on any atom is -0.357 e. The molecule has 0 bridgehead atoms. The van der Waals surface area contributed by atoms with Gasteiger partial charge >= 0.3 is 0 Å². The molecule has 1 heterocycles. The third kappa shape index (κ3) is 2.45. The van der Waals surface area contributed by atoms with Crippen LogP contribution in [0.3, 0.4) is 0 Å². The lowest BCUT2D eigenvalue weighted by Gasteiger charge is -2.13. The van der Waals surface area contributed by atoms with E-state index in [0.717, 1.165) is 10.6 Å². The van der Waals surface area contributed by atoms with Gasteiger partial charge in [0.1, 0.15) is 0 Å². The largest absolute Gasteiger partial charge is 0.357 e. The van der Waals surface area contributed by atoms with Gasteiger partial charge in [-0.25, -0.2) is 4.90 Å². The Labute approximate surface area is 104 Å². The molecule has 0 atom stereocenters. The Kier molecular flexibility index (Phi) is 3.23. The second-order valence-electron chi connectivity index (χ2n) is 3.97. The van der Waals surface area contributed by atoms with Gasteiger partial charge in [0.15, 0.2) is 5.75 Å². The van der Waals surface area contributed by atoms with Gasteiger partial charge in [-0.1, -0.05) is 5.16 Å². The Hall–Kier alpha value is -2.43. The van der Waals surface area contributed by atoms with Crippen molar-refractivity contribution >= 4 is 23.2 Å². The fourth-order valence-corrected chi connectivity index (χ4v) is 1.45. The zero-order valence-corrected chi connectivity index (χ0v) is 10.1. The summed E-state index contributed by atoms with van der Waals surface area (Å²) in [6.07, 6.45) is 2.50. The van der Waals surface area contributed by atoms with Crippen molar-refractivity contribution in [2.24, 2.45) is 5.16 Å². The van der Waals surface area contributed by atoms with E-state index in [4.69, 9.17) is 4.84 Å². The normalized spacial score (nSPS) is 14.0. The van der Waals surface area contributed by atoms with E-state index >= 15 is 0 Å². The first-order chi connectivity index (χ1) is 8.58. The van der Waals surface area contributed by atoms with E-state index in [1.807, 2.05) is 13.8 Å². The summed E-state index contributed by atoms with van der Waals surface area (Å²) >= 11 is 0. The topological polar surface area (TPSA) is 59.0 Å².